The summed E-state index contributed by atoms with van der Waals surface area (Å²) in [5.74, 6) is 1.65. The molecule has 0 aliphatic carbocycles. The lowest BCUT2D eigenvalue weighted by molar-refractivity contribution is 0.473. The Morgan fingerprint density at radius 2 is 2.00 bits per heavy atom. The molecule has 2 rings (SSSR count). The lowest BCUT2D eigenvalue weighted by Gasteiger charge is -2.10. The van der Waals surface area contributed by atoms with E-state index in [9.17, 15) is 0 Å². The smallest absolute Gasteiger partial charge is 0.134 e. The number of ether oxygens (including phenoxy) is 1. The molecule has 0 saturated carbocycles. The Labute approximate surface area is 109 Å². The highest BCUT2D eigenvalue weighted by molar-refractivity contribution is 9.10. The van der Waals surface area contributed by atoms with Gasteiger partial charge in [-0.3, -0.25) is 4.98 Å². The van der Waals surface area contributed by atoms with Crippen molar-refractivity contribution in [2.24, 2.45) is 0 Å². The number of hydrogen-bond acceptors (Lipinski definition) is 3. The molecule has 0 aliphatic rings. The normalized spacial score (nSPS) is 10.2. The number of rotatable bonds is 4. The molecule has 88 valence electrons. The zero-order chi connectivity index (χ0) is 12.1. The molecule has 0 amide bonds. The van der Waals surface area contributed by atoms with Crippen molar-refractivity contribution >= 4 is 15.9 Å². The van der Waals surface area contributed by atoms with E-state index in [1.165, 1.54) is 0 Å². The first-order valence-corrected chi connectivity index (χ1v) is 6.10. The third-order valence-corrected chi connectivity index (χ3v) is 2.80. The van der Waals surface area contributed by atoms with E-state index in [0.29, 0.717) is 0 Å². The molecule has 0 atom stereocenters. The average Bonchev–Trinajstić information content (AvgIpc) is 2.35. The maximum atomic E-state index is 5.82. The van der Waals surface area contributed by atoms with Crippen molar-refractivity contribution in [1.29, 1.82) is 0 Å². The summed E-state index contributed by atoms with van der Waals surface area (Å²) in [6.07, 6.45) is 3.54. The van der Waals surface area contributed by atoms with Gasteiger partial charge in [0.05, 0.1) is 0 Å². The van der Waals surface area contributed by atoms with E-state index in [-0.39, 0.29) is 0 Å². The third kappa shape index (κ3) is 3.28. The molecule has 1 aromatic heterocycles. The minimum atomic E-state index is 0.736. The topological polar surface area (TPSA) is 34.2 Å². The molecular weight excluding hydrogens is 280 g/mol. The molecule has 1 heterocycles. The third-order valence-electron chi connectivity index (χ3n) is 2.27. The SMILES string of the molecule is CNCc1cnccc1Oc1ccc(Br)cc1. The number of benzene rings is 1. The molecule has 17 heavy (non-hydrogen) atoms. The highest BCUT2D eigenvalue weighted by Crippen LogP contribution is 2.25. The van der Waals surface area contributed by atoms with Crippen LogP contribution in [0, 0.1) is 0 Å². The minimum Gasteiger partial charge on any atom is -0.457 e. The van der Waals surface area contributed by atoms with Gasteiger partial charge in [0.25, 0.3) is 0 Å². The Hall–Kier alpha value is -1.39. The van der Waals surface area contributed by atoms with Crippen molar-refractivity contribution in [2.75, 3.05) is 7.05 Å². The molecule has 0 saturated heterocycles. The second-order valence-electron chi connectivity index (χ2n) is 3.57. The van der Waals surface area contributed by atoms with Gasteiger partial charge in [-0.15, -0.1) is 0 Å². The van der Waals surface area contributed by atoms with Crippen molar-refractivity contribution in [3.63, 3.8) is 0 Å². The predicted molar refractivity (Wildman–Crippen MR) is 71.2 cm³/mol. The Kier molecular flexibility index (Phi) is 4.12. The number of nitrogens with zero attached hydrogens (tertiary/aromatic N) is 1. The Morgan fingerprint density at radius 3 is 2.71 bits per heavy atom. The molecule has 1 aromatic carbocycles. The van der Waals surface area contributed by atoms with E-state index in [2.05, 4.69) is 26.2 Å². The summed E-state index contributed by atoms with van der Waals surface area (Å²) in [5, 5.41) is 3.09. The van der Waals surface area contributed by atoms with Crippen LogP contribution in [0.3, 0.4) is 0 Å². The Balaban J connectivity index is 2.20. The van der Waals surface area contributed by atoms with Crippen LogP contribution in [0.1, 0.15) is 5.56 Å². The van der Waals surface area contributed by atoms with E-state index in [1.54, 1.807) is 6.20 Å². The van der Waals surface area contributed by atoms with Crippen LogP contribution in [-0.4, -0.2) is 12.0 Å². The molecule has 4 heteroatoms. The van der Waals surface area contributed by atoms with E-state index in [0.717, 1.165) is 28.1 Å². The van der Waals surface area contributed by atoms with Gasteiger partial charge in [0.1, 0.15) is 11.5 Å². The molecule has 0 bridgehead atoms. The van der Waals surface area contributed by atoms with Crippen molar-refractivity contribution in [1.82, 2.24) is 10.3 Å². The average molecular weight is 293 g/mol. The van der Waals surface area contributed by atoms with E-state index in [4.69, 9.17) is 4.74 Å². The van der Waals surface area contributed by atoms with Gasteiger partial charge in [0, 0.05) is 29.0 Å². The molecule has 2 aromatic rings. The quantitative estimate of drug-likeness (QED) is 0.938. The summed E-state index contributed by atoms with van der Waals surface area (Å²) in [6.45, 7) is 0.736. The first-order valence-electron chi connectivity index (χ1n) is 5.30. The number of aromatic nitrogens is 1. The van der Waals surface area contributed by atoms with E-state index < -0.39 is 0 Å². The summed E-state index contributed by atoms with van der Waals surface area (Å²) >= 11 is 3.39. The summed E-state index contributed by atoms with van der Waals surface area (Å²) in [4.78, 5) is 4.09. The first kappa shape index (κ1) is 12.1. The van der Waals surface area contributed by atoms with Crippen molar-refractivity contribution in [3.05, 3.63) is 52.8 Å². The molecule has 1 N–H and O–H groups in total. The molecule has 0 unspecified atom stereocenters. The lowest BCUT2D eigenvalue weighted by Crippen LogP contribution is -2.06. The van der Waals surface area contributed by atoms with Gasteiger partial charge in [-0.1, -0.05) is 15.9 Å². The zero-order valence-electron chi connectivity index (χ0n) is 9.48. The van der Waals surface area contributed by atoms with Crippen LogP contribution >= 0.6 is 15.9 Å². The second kappa shape index (κ2) is 5.80. The first-order chi connectivity index (χ1) is 8.29. The van der Waals surface area contributed by atoms with Crippen LogP contribution in [0.25, 0.3) is 0 Å². The monoisotopic (exact) mass is 292 g/mol. The van der Waals surface area contributed by atoms with Crippen molar-refractivity contribution in [3.8, 4) is 11.5 Å². The van der Waals surface area contributed by atoms with Crippen LogP contribution in [0.2, 0.25) is 0 Å². The molecule has 0 radical (unpaired) electrons. The number of halogens is 1. The van der Waals surface area contributed by atoms with Crippen molar-refractivity contribution in [2.45, 2.75) is 6.54 Å². The molecule has 3 nitrogen and oxygen atoms in total. The lowest BCUT2D eigenvalue weighted by atomic mass is 10.2. The zero-order valence-corrected chi connectivity index (χ0v) is 11.1. The van der Waals surface area contributed by atoms with Gasteiger partial charge >= 0.3 is 0 Å². The van der Waals surface area contributed by atoms with Gasteiger partial charge in [-0.05, 0) is 37.4 Å². The predicted octanol–water partition coefficient (Wildman–Crippen LogP) is 3.36. The van der Waals surface area contributed by atoms with Gasteiger partial charge in [0.15, 0.2) is 0 Å². The number of hydrogen-bond donors (Lipinski definition) is 1. The molecule has 0 fully saturated rings. The van der Waals surface area contributed by atoms with Crippen LogP contribution in [0.5, 0.6) is 11.5 Å². The molecular formula is C13H13BrN2O. The largest absolute Gasteiger partial charge is 0.457 e. The summed E-state index contributed by atoms with van der Waals surface area (Å²) in [5.41, 5.74) is 1.04. The van der Waals surface area contributed by atoms with Crippen LogP contribution < -0.4 is 10.1 Å². The summed E-state index contributed by atoms with van der Waals surface area (Å²) in [6, 6.07) is 9.62. The van der Waals surface area contributed by atoms with Crippen LogP contribution in [-0.2, 0) is 6.54 Å². The highest BCUT2D eigenvalue weighted by Gasteiger charge is 2.03. The molecule has 0 aliphatic heterocycles. The van der Waals surface area contributed by atoms with E-state index >= 15 is 0 Å². The maximum Gasteiger partial charge on any atom is 0.134 e. The fourth-order valence-electron chi connectivity index (χ4n) is 1.47. The van der Waals surface area contributed by atoms with E-state index in [1.807, 2.05) is 43.6 Å². The van der Waals surface area contributed by atoms with Gasteiger partial charge in [-0.25, -0.2) is 0 Å². The van der Waals surface area contributed by atoms with Crippen LogP contribution in [0.4, 0.5) is 0 Å². The Bertz CT molecular complexity index is 485. The number of pyridine rings is 1. The van der Waals surface area contributed by atoms with Gasteiger partial charge in [-0.2, -0.15) is 0 Å². The van der Waals surface area contributed by atoms with Crippen LogP contribution in [0.15, 0.2) is 47.2 Å². The maximum absolute atomic E-state index is 5.82. The summed E-state index contributed by atoms with van der Waals surface area (Å²) < 4.78 is 6.85. The van der Waals surface area contributed by atoms with Gasteiger partial charge in [0.2, 0.25) is 0 Å². The number of nitrogens with one attached hydrogen (secondary N) is 1. The molecule has 0 spiro atoms. The minimum absolute atomic E-state index is 0.736. The second-order valence-corrected chi connectivity index (χ2v) is 4.49. The summed E-state index contributed by atoms with van der Waals surface area (Å²) in [7, 11) is 1.90. The fourth-order valence-corrected chi connectivity index (χ4v) is 1.73. The fraction of sp³-hybridized carbons (Fsp3) is 0.154. The van der Waals surface area contributed by atoms with Crippen molar-refractivity contribution < 1.29 is 4.74 Å². The standard InChI is InChI=1S/C13H13BrN2O/c1-15-8-10-9-16-7-6-13(10)17-12-4-2-11(14)3-5-12/h2-7,9,15H,8H2,1H3. The Morgan fingerprint density at radius 1 is 1.24 bits per heavy atom. The highest BCUT2D eigenvalue weighted by atomic mass is 79.9. The van der Waals surface area contributed by atoms with Gasteiger partial charge < -0.3 is 10.1 Å².